The van der Waals surface area contributed by atoms with E-state index in [1.807, 2.05) is 4.90 Å². The largest absolute Gasteiger partial charge is 0.340 e. The van der Waals surface area contributed by atoms with E-state index >= 15 is 0 Å². The molecule has 1 amide bonds. The molecule has 0 N–H and O–H groups in total. The molecule has 0 atom stereocenters. The molecule has 0 unspecified atom stereocenters. The van der Waals surface area contributed by atoms with Crippen LogP contribution in [0.3, 0.4) is 0 Å². The van der Waals surface area contributed by atoms with Gasteiger partial charge in [0.1, 0.15) is 5.82 Å². The summed E-state index contributed by atoms with van der Waals surface area (Å²) in [5.41, 5.74) is 3.00. The maximum Gasteiger partial charge on any atom is 0.222 e. The highest BCUT2D eigenvalue weighted by atomic mass is 32.1. The van der Waals surface area contributed by atoms with Crippen molar-refractivity contribution in [2.75, 3.05) is 26.2 Å². The molecule has 3 heterocycles. The molecule has 1 saturated heterocycles. The number of aryl methyl sites for hydroxylation is 1. The summed E-state index contributed by atoms with van der Waals surface area (Å²) in [6, 6.07) is 6.60. The molecule has 1 saturated carbocycles. The lowest BCUT2D eigenvalue weighted by molar-refractivity contribution is -0.133. The van der Waals surface area contributed by atoms with Crippen LogP contribution in [-0.4, -0.2) is 51.3 Å². The van der Waals surface area contributed by atoms with Crippen molar-refractivity contribution in [3.63, 3.8) is 0 Å². The Morgan fingerprint density at radius 3 is 2.56 bits per heavy atom. The van der Waals surface area contributed by atoms with Gasteiger partial charge in [0, 0.05) is 55.8 Å². The number of nitrogens with zero attached hydrogens (tertiary/aromatic N) is 4. The topological polar surface area (TPSA) is 40.9 Å². The second-order valence-corrected chi connectivity index (χ2v) is 10.5. The summed E-state index contributed by atoms with van der Waals surface area (Å²) in [6.07, 6.45) is 9.19. The standard InChI is InChI=1S/C25H31FN4OS/c1-18-16-30-22(24(27-25(30)32-18)20-7-9-21(26)10-8-20)17-28-12-14-29(15-13-28)23(31)11-6-19-4-2-3-5-19/h7-10,16,19H,2-6,11-15,17H2,1H3. The number of halogens is 1. The molecule has 2 aromatic heterocycles. The number of thiazole rings is 1. The van der Waals surface area contributed by atoms with E-state index in [2.05, 4.69) is 22.4 Å². The number of benzene rings is 1. The zero-order valence-corrected chi connectivity index (χ0v) is 19.5. The molecule has 5 rings (SSSR count). The van der Waals surface area contributed by atoms with Crippen molar-refractivity contribution in [1.82, 2.24) is 19.2 Å². The second-order valence-electron chi connectivity index (χ2n) is 9.25. The maximum absolute atomic E-state index is 13.5. The molecule has 2 aliphatic rings. The minimum absolute atomic E-state index is 0.235. The van der Waals surface area contributed by atoms with Gasteiger partial charge < -0.3 is 4.90 Å². The second kappa shape index (κ2) is 9.32. The van der Waals surface area contributed by atoms with Gasteiger partial charge in [0.15, 0.2) is 4.96 Å². The van der Waals surface area contributed by atoms with E-state index in [0.29, 0.717) is 12.3 Å². The van der Waals surface area contributed by atoms with E-state index in [0.717, 1.165) is 67.0 Å². The fraction of sp³-hybridized carbons (Fsp3) is 0.520. The molecule has 170 valence electrons. The van der Waals surface area contributed by atoms with Crippen LogP contribution >= 0.6 is 11.3 Å². The number of aromatic nitrogens is 2. The lowest BCUT2D eigenvalue weighted by Gasteiger charge is -2.35. The number of piperazine rings is 1. The first-order valence-corrected chi connectivity index (χ1v) is 12.6. The third-order valence-electron chi connectivity index (χ3n) is 7.00. The van der Waals surface area contributed by atoms with Crippen LogP contribution in [0.25, 0.3) is 16.2 Å². The SMILES string of the molecule is Cc1cn2c(CN3CCN(C(=O)CCC4CCCC4)CC3)c(-c3ccc(F)cc3)nc2s1. The van der Waals surface area contributed by atoms with Gasteiger partial charge >= 0.3 is 0 Å². The van der Waals surface area contributed by atoms with Crippen molar-refractivity contribution in [2.45, 2.75) is 52.0 Å². The highest BCUT2D eigenvalue weighted by molar-refractivity contribution is 7.17. The van der Waals surface area contributed by atoms with Gasteiger partial charge in [-0.05, 0) is 43.5 Å². The molecule has 0 spiro atoms. The van der Waals surface area contributed by atoms with E-state index in [-0.39, 0.29) is 5.82 Å². The van der Waals surface area contributed by atoms with E-state index < -0.39 is 0 Å². The Kier molecular flexibility index (Phi) is 6.28. The minimum Gasteiger partial charge on any atom is -0.340 e. The van der Waals surface area contributed by atoms with Crippen LogP contribution in [0.5, 0.6) is 0 Å². The van der Waals surface area contributed by atoms with Crippen molar-refractivity contribution < 1.29 is 9.18 Å². The highest BCUT2D eigenvalue weighted by Gasteiger charge is 2.25. The quantitative estimate of drug-likeness (QED) is 0.519. The van der Waals surface area contributed by atoms with Gasteiger partial charge in [0.25, 0.3) is 0 Å². The summed E-state index contributed by atoms with van der Waals surface area (Å²) >= 11 is 1.67. The maximum atomic E-state index is 13.5. The van der Waals surface area contributed by atoms with Crippen molar-refractivity contribution in [3.05, 3.63) is 46.9 Å². The summed E-state index contributed by atoms with van der Waals surface area (Å²) < 4.78 is 15.6. The van der Waals surface area contributed by atoms with E-state index in [4.69, 9.17) is 4.98 Å². The average molecular weight is 455 g/mol. The lowest BCUT2D eigenvalue weighted by Crippen LogP contribution is -2.48. The number of fused-ring (bicyclic) bond motifs is 1. The Morgan fingerprint density at radius 2 is 1.84 bits per heavy atom. The van der Waals surface area contributed by atoms with Gasteiger partial charge in [-0.3, -0.25) is 14.1 Å². The molecular weight excluding hydrogens is 423 g/mol. The van der Waals surface area contributed by atoms with Crippen LogP contribution in [-0.2, 0) is 11.3 Å². The summed E-state index contributed by atoms with van der Waals surface area (Å²) in [7, 11) is 0. The summed E-state index contributed by atoms with van der Waals surface area (Å²) in [5.74, 6) is 0.855. The van der Waals surface area contributed by atoms with Crippen LogP contribution < -0.4 is 0 Å². The molecule has 5 nitrogen and oxygen atoms in total. The third kappa shape index (κ3) is 4.59. The number of hydrogen-bond acceptors (Lipinski definition) is 4. The smallest absolute Gasteiger partial charge is 0.222 e. The average Bonchev–Trinajstić information content (AvgIpc) is 3.51. The molecule has 32 heavy (non-hydrogen) atoms. The van der Waals surface area contributed by atoms with E-state index in [9.17, 15) is 9.18 Å². The van der Waals surface area contributed by atoms with Gasteiger partial charge in [-0.25, -0.2) is 9.37 Å². The van der Waals surface area contributed by atoms with Crippen molar-refractivity contribution in [1.29, 1.82) is 0 Å². The molecule has 1 aliphatic heterocycles. The zero-order chi connectivity index (χ0) is 22.1. The molecule has 2 fully saturated rings. The van der Waals surface area contributed by atoms with Crippen LogP contribution in [0.15, 0.2) is 30.5 Å². The molecule has 3 aromatic rings. The zero-order valence-electron chi connectivity index (χ0n) is 18.7. The monoisotopic (exact) mass is 454 g/mol. The normalized spacial score (nSPS) is 18.1. The Balaban J connectivity index is 1.25. The van der Waals surface area contributed by atoms with Gasteiger partial charge in [0.05, 0.1) is 11.4 Å². The molecule has 1 aliphatic carbocycles. The third-order valence-corrected chi connectivity index (χ3v) is 7.90. The molecule has 0 radical (unpaired) electrons. The van der Waals surface area contributed by atoms with Crippen LogP contribution in [0.4, 0.5) is 4.39 Å². The number of rotatable bonds is 6. The first kappa shape index (κ1) is 21.6. The summed E-state index contributed by atoms with van der Waals surface area (Å²) in [4.78, 5) is 24.2. The van der Waals surface area contributed by atoms with Gasteiger partial charge in [-0.1, -0.05) is 25.7 Å². The summed E-state index contributed by atoms with van der Waals surface area (Å²) in [6.45, 7) is 6.19. The predicted octanol–water partition coefficient (Wildman–Crippen LogP) is 5.12. The Morgan fingerprint density at radius 1 is 1.12 bits per heavy atom. The number of amides is 1. The summed E-state index contributed by atoms with van der Waals surface area (Å²) in [5, 5.41) is 0. The van der Waals surface area contributed by atoms with Crippen LogP contribution in [0.1, 0.15) is 49.1 Å². The Labute approximate surface area is 192 Å². The van der Waals surface area contributed by atoms with Crippen LogP contribution in [0, 0.1) is 18.7 Å². The van der Waals surface area contributed by atoms with Crippen molar-refractivity contribution in [2.24, 2.45) is 5.92 Å². The molecule has 1 aromatic carbocycles. The fourth-order valence-electron chi connectivity index (χ4n) is 5.14. The highest BCUT2D eigenvalue weighted by Crippen LogP contribution is 2.30. The molecule has 0 bridgehead atoms. The Hall–Kier alpha value is -2.25. The number of imidazole rings is 1. The predicted molar refractivity (Wildman–Crippen MR) is 126 cm³/mol. The van der Waals surface area contributed by atoms with Gasteiger partial charge in [-0.2, -0.15) is 0 Å². The molecule has 7 heteroatoms. The Bertz CT molecular complexity index is 1080. The first-order chi connectivity index (χ1) is 15.6. The van der Waals surface area contributed by atoms with Crippen molar-refractivity contribution >= 4 is 22.2 Å². The molecular formula is C25H31FN4OS. The van der Waals surface area contributed by atoms with E-state index in [1.165, 1.54) is 42.7 Å². The van der Waals surface area contributed by atoms with Gasteiger partial charge in [-0.15, -0.1) is 11.3 Å². The number of hydrogen-bond donors (Lipinski definition) is 0. The number of carbonyl (C=O) groups excluding carboxylic acids is 1. The first-order valence-electron chi connectivity index (χ1n) is 11.8. The van der Waals surface area contributed by atoms with Gasteiger partial charge in [0.2, 0.25) is 5.91 Å². The lowest BCUT2D eigenvalue weighted by atomic mass is 10.0. The van der Waals surface area contributed by atoms with Crippen LogP contribution in [0.2, 0.25) is 0 Å². The number of carbonyl (C=O) groups is 1. The minimum atomic E-state index is -0.235. The van der Waals surface area contributed by atoms with E-state index in [1.54, 1.807) is 23.5 Å². The fourth-order valence-corrected chi connectivity index (χ4v) is 5.99. The van der Waals surface area contributed by atoms with Crippen molar-refractivity contribution in [3.8, 4) is 11.3 Å².